The minimum absolute atomic E-state index is 0.0735. The van der Waals surface area contributed by atoms with E-state index in [-0.39, 0.29) is 5.56 Å². The van der Waals surface area contributed by atoms with Gasteiger partial charge in [0.15, 0.2) is 0 Å². The average Bonchev–Trinajstić information content (AvgIpc) is 3.09. The fourth-order valence-corrected chi connectivity index (χ4v) is 3.48. The highest BCUT2D eigenvalue weighted by Crippen LogP contribution is 2.23. The van der Waals surface area contributed by atoms with Crippen LogP contribution in [0.5, 0.6) is 0 Å². The van der Waals surface area contributed by atoms with Crippen LogP contribution in [0.2, 0.25) is 0 Å². The van der Waals surface area contributed by atoms with Crippen LogP contribution in [0.15, 0.2) is 77.3 Å². The molecule has 1 aliphatic carbocycles. The van der Waals surface area contributed by atoms with Gasteiger partial charge in [-0.25, -0.2) is 4.68 Å². The lowest BCUT2D eigenvalue weighted by atomic mass is 10.1. The molecule has 0 radical (unpaired) electrons. The quantitative estimate of drug-likeness (QED) is 0.849. The monoisotopic (exact) mass is 345 g/mol. The molecule has 0 spiro atoms. The number of rotatable bonds is 4. The van der Waals surface area contributed by atoms with E-state index < -0.39 is 0 Å². The Morgan fingerprint density at radius 1 is 0.962 bits per heavy atom. The minimum atomic E-state index is -0.0735. The molecule has 2 heterocycles. The number of likely N-dealkylation sites (tertiary alicyclic amines) is 1. The average molecular weight is 345 g/mol. The number of benzene rings is 1. The maximum Gasteiger partial charge on any atom is 0.267 e. The van der Waals surface area contributed by atoms with Crippen LogP contribution in [0.1, 0.15) is 30.5 Å². The molecule has 4 rings (SSSR count). The number of hydrogen-bond donors (Lipinski definition) is 0. The third-order valence-corrected chi connectivity index (χ3v) is 4.92. The predicted molar refractivity (Wildman–Crippen MR) is 105 cm³/mol. The molecule has 0 N–H and O–H groups in total. The van der Waals surface area contributed by atoms with Gasteiger partial charge >= 0.3 is 0 Å². The predicted octanol–water partition coefficient (Wildman–Crippen LogP) is 3.61. The van der Waals surface area contributed by atoms with E-state index in [9.17, 15) is 4.79 Å². The van der Waals surface area contributed by atoms with E-state index in [4.69, 9.17) is 0 Å². The molecule has 0 unspecified atom stereocenters. The van der Waals surface area contributed by atoms with Crippen LogP contribution in [0.3, 0.4) is 0 Å². The van der Waals surface area contributed by atoms with Crippen molar-refractivity contribution in [3.63, 3.8) is 0 Å². The zero-order valence-corrected chi connectivity index (χ0v) is 14.8. The fraction of sp³-hybridized carbons (Fsp3) is 0.273. The Hall–Kier alpha value is -2.88. The highest BCUT2D eigenvalue weighted by molar-refractivity contribution is 5.66. The Morgan fingerprint density at radius 2 is 1.77 bits per heavy atom. The molecule has 1 aromatic heterocycles. The lowest BCUT2D eigenvalue weighted by Gasteiger charge is -2.17. The molecule has 4 nitrogen and oxygen atoms in total. The summed E-state index contributed by atoms with van der Waals surface area (Å²) < 4.78 is 1.55. The van der Waals surface area contributed by atoms with Gasteiger partial charge in [0.25, 0.3) is 5.56 Å². The van der Waals surface area contributed by atoms with E-state index in [1.807, 2.05) is 36.4 Å². The summed E-state index contributed by atoms with van der Waals surface area (Å²) in [5, 5.41) is 4.61. The van der Waals surface area contributed by atoms with E-state index in [0.717, 1.165) is 36.3 Å². The van der Waals surface area contributed by atoms with Crippen molar-refractivity contribution in [2.24, 2.45) is 0 Å². The minimum Gasteiger partial charge on any atom is -0.372 e. The summed E-state index contributed by atoms with van der Waals surface area (Å²) in [6.45, 7) is 2.77. The molecular weight excluding hydrogens is 322 g/mol. The molecule has 0 saturated carbocycles. The Balaban J connectivity index is 1.60. The van der Waals surface area contributed by atoms with Crippen molar-refractivity contribution in [3.05, 3.63) is 94.1 Å². The van der Waals surface area contributed by atoms with Gasteiger partial charge in [-0.3, -0.25) is 4.79 Å². The number of hydrogen-bond acceptors (Lipinski definition) is 3. The summed E-state index contributed by atoms with van der Waals surface area (Å²) in [7, 11) is 0. The van der Waals surface area contributed by atoms with Crippen LogP contribution in [0.4, 0.5) is 0 Å². The van der Waals surface area contributed by atoms with Crippen LogP contribution in [-0.2, 0) is 6.54 Å². The molecule has 0 amide bonds. The highest BCUT2D eigenvalue weighted by atomic mass is 16.1. The first kappa shape index (κ1) is 16.6. The molecule has 132 valence electrons. The molecule has 4 heteroatoms. The second-order valence-corrected chi connectivity index (χ2v) is 6.78. The molecule has 26 heavy (non-hydrogen) atoms. The van der Waals surface area contributed by atoms with Crippen LogP contribution in [0.25, 0.3) is 5.57 Å². The summed E-state index contributed by atoms with van der Waals surface area (Å²) in [6.07, 6.45) is 12.1. The standard InChI is InChI=1S/C22H23N3O/c26-22-14-13-21(23-25(22)17-18-7-2-1-3-8-18)19-9-6-10-20(12-11-19)24-15-4-5-16-24/h1-3,6-8,10-14H,4-5,9,15-17H2. The topological polar surface area (TPSA) is 38.1 Å². The van der Waals surface area contributed by atoms with Gasteiger partial charge in [0.05, 0.1) is 12.2 Å². The van der Waals surface area contributed by atoms with Crippen LogP contribution >= 0.6 is 0 Å². The molecule has 2 aromatic rings. The third kappa shape index (κ3) is 3.69. The van der Waals surface area contributed by atoms with Crippen molar-refractivity contribution in [1.82, 2.24) is 14.7 Å². The smallest absolute Gasteiger partial charge is 0.267 e. The van der Waals surface area contributed by atoms with Gasteiger partial charge in [-0.2, -0.15) is 5.10 Å². The molecule has 0 bridgehead atoms. The van der Waals surface area contributed by atoms with Gasteiger partial charge in [0, 0.05) is 24.9 Å². The molecule has 0 atom stereocenters. The zero-order valence-electron chi connectivity index (χ0n) is 14.8. The van der Waals surface area contributed by atoms with E-state index >= 15 is 0 Å². The summed E-state index contributed by atoms with van der Waals surface area (Å²) in [6, 6.07) is 13.4. The van der Waals surface area contributed by atoms with Crippen molar-refractivity contribution in [1.29, 1.82) is 0 Å². The Kier molecular flexibility index (Phi) is 4.82. The fourth-order valence-electron chi connectivity index (χ4n) is 3.48. The summed E-state index contributed by atoms with van der Waals surface area (Å²) in [5.74, 6) is 0. The second kappa shape index (κ2) is 7.56. The first-order valence-electron chi connectivity index (χ1n) is 9.24. The first-order chi connectivity index (χ1) is 12.8. The van der Waals surface area contributed by atoms with Crippen molar-refractivity contribution in [2.45, 2.75) is 25.8 Å². The SMILES string of the molecule is O=c1ccc(C2=CC=C(N3CCCC3)C=CC2)nn1Cc1ccccc1. The summed E-state index contributed by atoms with van der Waals surface area (Å²) >= 11 is 0. The normalized spacial score (nSPS) is 17.0. The van der Waals surface area contributed by atoms with Crippen LogP contribution < -0.4 is 5.56 Å². The molecule has 1 fully saturated rings. The molecule has 1 aromatic carbocycles. The van der Waals surface area contributed by atoms with E-state index in [1.165, 1.54) is 18.5 Å². The van der Waals surface area contributed by atoms with Crippen molar-refractivity contribution in [3.8, 4) is 0 Å². The van der Waals surface area contributed by atoms with Gasteiger partial charge < -0.3 is 4.90 Å². The summed E-state index contributed by atoms with van der Waals surface area (Å²) in [4.78, 5) is 14.6. The first-order valence-corrected chi connectivity index (χ1v) is 9.24. The molecule has 1 aliphatic heterocycles. The van der Waals surface area contributed by atoms with Gasteiger partial charge in [-0.1, -0.05) is 42.5 Å². The third-order valence-electron chi connectivity index (χ3n) is 4.92. The van der Waals surface area contributed by atoms with Crippen LogP contribution in [-0.4, -0.2) is 27.8 Å². The van der Waals surface area contributed by atoms with Gasteiger partial charge in [0.1, 0.15) is 0 Å². The van der Waals surface area contributed by atoms with E-state index in [0.29, 0.717) is 6.54 Å². The highest BCUT2D eigenvalue weighted by Gasteiger charge is 2.14. The molecule has 1 saturated heterocycles. The van der Waals surface area contributed by atoms with Gasteiger partial charge in [-0.15, -0.1) is 0 Å². The molecular formula is C22H23N3O. The van der Waals surface area contributed by atoms with Crippen molar-refractivity contribution in [2.75, 3.05) is 13.1 Å². The van der Waals surface area contributed by atoms with Gasteiger partial charge in [-0.05, 0) is 48.6 Å². The Bertz CT molecular complexity index is 916. The number of allylic oxidation sites excluding steroid dienone is 5. The maximum atomic E-state index is 12.2. The zero-order chi connectivity index (χ0) is 17.8. The second-order valence-electron chi connectivity index (χ2n) is 6.78. The number of aromatic nitrogens is 2. The lowest BCUT2D eigenvalue weighted by Crippen LogP contribution is -2.23. The van der Waals surface area contributed by atoms with E-state index in [1.54, 1.807) is 10.7 Å². The van der Waals surface area contributed by atoms with Gasteiger partial charge in [0.2, 0.25) is 0 Å². The van der Waals surface area contributed by atoms with Crippen LogP contribution in [0, 0.1) is 0 Å². The van der Waals surface area contributed by atoms with Crippen molar-refractivity contribution >= 4 is 5.57 Å². The maximum absolute atomic E-state index is 12.2. The summed E-state index contributed by atoms with van der Waals surface area (Å²) in [5.41, 5.74) is 4.28. The Labute approximate surface area is 153 Å². The molecule has 2 aliphatic rings. The lowest BCUT2D eigenvalue weighted by molar-refractivity contribution is 0.440. The Morgan fingerprint density at radius 3 is 2.58 bits per heavy atom. The van der Waals surface area contributed by atoms with E-state index in [2.05, 4.69) is 34.3 Å². The largest absolute Gasteiger partial charge is 0.372 e. The number of nitrogens with zero attached hydrogens (tertiary/aromatic N) is 3. The van der Waals surface area contributed by atoms with Crippen molar-refractivity contribution < 1.29 is 0 Å².